The zero-order valence-corrected chi connectivity index (χ0v) is 13.9. The number of methoxy groups -OCH3 is 1. The Morgan fingerprint density at radius 1 is 1.12 bits per heavy atom. The van der Waals surface area contributed by atoms with Crippen LogP contribution >= 0.6 is 23.2 Å². The lowest BCUT2D eigenvalue weighted by Gasteiger charge is -2.09. The Hall–Kier alpha value is -2.31. The largest absolute Gasteiger partial charge is 0.495 e. The summed E-state index contributed by atoms with van der Waals surface area (Å²) < 4.78 is 22.8. The van der Waals surface area contributed by atoms with Gasteiger partial charge >= 0.3 is 5.97 Å². The van der Waals surface area contributed by atoms with Gasteiger partial charge in [0, 0.05) is 5.69 Å². The van der Waals surface area contributed by atoms with Crippen molar-refractivity contribution in [3.63, 3.8) is 0 Å². The van der Waals surface area contributed by atoms with E-state index in [1.807, 2.05) is 0 Å². The van der Waals surface area contributed by atoms with Crippen LogP contribution in [0.25, 0.3) is 0 Å². The third-order valence-corrected chi connectivity index (χ3v) is 3.53. The fraction of sp³-hybridized carbons (Fsp3) is 0.125. The van der Waals surface area contributed by atoms with Crippen molar-refractivity contribution in [3.8, 4) is 5.75 Å². The van der Waals surface area contributed by atoms with E-state index in [0.29, 0.717) is 16.5 Å². The van der Waals surface area contributed by atoms with Crippen LogP contribution in [-0.4, -0.2) is 25.6 Å². The predicted molar refractivity (Wildman–Crippen MR) is 88.3 cm³/mol. The van der Waals surface area contributed by atoms with E-state index < -0.39 is 24.3 Å². The van der Waals surface area contributed by atoms with Crippen LogP contribution in [0.1, 0.15) is 10.4 Å². The number of anilines is 1. The highest BCUT2D eigenvalue weighted by Crippen LogP contribution is 2.27. The molecule has 0 saturated heterocycles. The van der Waals surface area contributed by atoms with Gasteiger partial charge in [-0.15, -0.1) is 0 Å². The number of rotatable bonds is 5. The molecule has 24 heavy (non-hydrogen) atoms. The number of amides is 1. The summed E-state index contributed by atoms with van der Waals surface area (Å²) in [7, 11) is 1.47. The third kappa shape index (κ3) is 4.59. The van der Waals surface area contributed by atoms with Crippen LogP contribution in [0.3, 0.4) is 0 Å². The van der Waals surface area contributed by atoms with Crippen molar-refractivity contribution in [2.75, 3.05) is 19.0 Å². The number of carbonyl (C=O) groups is 2. The second-order valence-electron chi connectivity index (χ2n) is 4.60. The zero-order chi connectivity index (χ0) is 17.7. The van der Waals surface area contributed by atoms with Gasteiger partial charge in [0.05, 0.1) is 22.7 Å². The third-order valence-electron chi connectivity index (χ3n) is 2.92. The SMILES string of the molecule is COc1ccc(NC(=O)COC(=O)c2ccc(F)cc2Cl)cc1Cl. The molecule has 0 aliphatic rings. The molecule has 0 aromatic heterocycles. The number of carbonyl (C=O) groups excluding carboxylic acids is 2. The number of halogens is 3. The molecule has 126 valence electrons. The summed E-state index contributed by atoms with van der Waals surface area (Å²) in [6, 6.07) is 7.90. The molecule has 0 radical (unpaired) electrons. The first-order valence-electron chi connectivity index (χ1n) is 6.66. The van der Waals surface area contributed by atoms with Gasteiger partial charge in [-0.05, 0) is 36.4 Å². The summed E-state index contributed by atoms with van der Waals surface area (Å²) in [5.41, 5.74) is 0.389. The highest BCUT2D eigenvalue weighted by molar-refractivity contribution is 6.33. The number of nitrogens with one attached hydrogen (secondary N) is 1. The van der Waals surface area contributed by atoms with Gasteiger partial charge in [0.15, 0.2) is 6.61 Å². The molecule has 0 bridgehead atoms. The number of benzene rings is 2. The standard InChI is InChI=1S/C16H12Cl2FNO4/c1-23-14-5-3-10(7-13(14)18)20-15(21)8-24-16(22)11-4-2-9(19)6-12(11)17/h2-7H,8H2,1H3,(H,20,21). The van der Waals surface area contributed by atoms with E-state index in [1.165, 1.54) is 19.2 Å². The molecule has 0 spiro atoms. The molecule has 0 aliphatic carbocycles. The first-order chi connectivity index (χ1) is 11.4. The number of hydrogen-bond acceptors (Lipinski definition) is 4. The van der Waals surface area contributed by atoms with Crippen LogP contribution in [0.5, 0.6) is 5.75 Å². The van der Waals surface area contributed by atoms with Crippen LogP contribution < -0.4 is 10.1 Å². The smallest absolute Gasteiger partial charge is 0.340 e. The molecule has 1 amide bonds. The fourth-order valence-corrected chi connectivity index (χ4v) is 2.31. The highest BCUT2D eigenvalue weighted by Gasteiger charge is 2.14. The van der Waals surface area contributed by atoms with Crippen molar-refractivity contribution in [1.82, 2.24) is 0 Å². The van der Waals surface area contributed by atoms with Crippen molar-refractivity contribution in [2.45, 2.75) is 0 Å². The molecule has 0 atom stereocenters. The minimum atomic E-state index is -0.831. The van der Waals surface area contributed by atoms with Gasteiger partial charge in [-0.3, -0.25) is 4.79 Å². The van der Waals surface area contributed by atoms with Crippen molar-refractivity contribution in [1.29, 1.82) is 0 Å². The molecule has 0 heterocycles. The molecule has 5 nitrogen and oxygen atoms in total. The Morgan fingerprint density at radius 2 is 1.88 bits per heavy atom. The van der Waals surface area contributed by atoms with Crippen molar-refractivity contribution >= 4 is 40.8 Å². The first kappa shape index (κ1) is 18.0. The Bertz CT molecular complexity index is 783. The average molecular weight is 372 g/mol. The summed E-state index contributed by atoms with van der Waals surface area (Å²) in [4.78, 5) is 23.6. The minimum absolute atomic E-state index is 0.0293. The molecule has 0 fully saturated rings. The molecule has 0 saturated carbocycles. The predicted octanol–water partition coefficient (Wildman–Crippen LogP) is 3.94. The van der Waals surface area contributed by atoms with E-state index in [9.17, 15) is 14.0 Å². The first-order valence-corrected chi connectivity index (χ1v) is 7.42. The molecule has 2 rings (SSSR count). The minimum Gasteiger partial charge on any atom is -0.495 e. The molecule has 8 heteroatoms. The summed E-state index contributed by atoms with van der Waals surface area (Å²) in [6.07, 6.45) is 0. The number of esters is 1. The van der Waals surface area contributed by atoms with Crippen LogP contribution in [0.2, 0.25) is 10.0 Å². The Balaban J connectivity index is 1.93. The molecular weight excluding hydrogens is 360 g/mol. The van der Waals surface area contributed by atoms with Gasteiger partial charge in [-0.2, -0.15) is 0 Å². The van der Waals surface area contributed by atoms with Gasteiger partial charge in [0.2, 0.25) is 0 Å². The maximum Gasteiger partial charge on any atom is 0.340 e. The molecule has 2 aromatic rings. The Kier molecular flexibility index (Phi) is 6.00. The quantitative estimate of drug-likeness (QED) is 0.808. The van der Waals surface area contributed by atoms with Crippen LogP contribution in [0.4, 0.5) is 10.1 Å². The van der Waals surface area contributed by atoms with Gasteiger partial charge in [-0.25, -0.2) is 9.18 Å². The Morgan fingerprint density at radius 3 is 2.50 bits per heavy atom. The molecule has 2 aromatic carbocycles. The van der Waals surface area contributed by atoms with Gasteiger partial charge in [0.25, 0.3) is 5.91 Å². The van der Waals surface area contributed by atoms with E-state index in [4.69, 9.17) is 32.7 Å². The van der Waals surface area contributed by atoms with E-state index in [0.717, 1.165) is 12.1 Å². The van der Waals surface area contributed by atoms with Crippen molar-refractivity contribution < 1.29 is 23.5 Å². The van der Waals surface area contributed by atoms with Gasteiger partial charge in [-0.1, -0.05) is 23.2 Å². The molecule has 1 N–H and O–H groups in total. The topological polar surface area (TPSA) is 64.6 Å². The van der Waals surface area contributed by atoms with E-state index >= 15 is 0 Å². The lowest BCUT2D eigenvalue weighted by molar-refractivity contribution is -0.119. The second-order valence-corrected chi connectivity index (χ2v) is 5.41. The zero-order valence-electron chi connectivity index (χ0n) is 12.4. The van der Waals surface area contributed by atoms with E-state index in [2.05, 4.69) is 5.32 Å². The fourth-order valence-electron chi connectivity index (χ4n) is 1.81. The second kappa shape index (κ2) is 7.99. The normalized spacial score (nSPS) is 10.2. The highest BCUT2D eigenvalue weighted by atomic mass is 35.5. The maximum absolute atomic E-state index is 12.9. The van der Waals surface area contributed by atoms with Crippen LogP contribution in [0, 0.1) is 5.82 Å². The van der Waals surface area contributed by atoms with Crippen LogP contribution in [0.15, 0.2) is 36.4 Å². The summed E-state index contributed by atoms with van der Waals surface area (Å²) >= 11 is 11.7. The molecule has 0 aliphatic heterocycles. The number of hydrogen-bond donors (Lipinski definition) is 1. The average Bonchev–Trinajstić information content (AvgIpc) is 2.53. The molecule has 0 unspecified atom stereocenters. The lowest BCUT2D eigenvalue weighted by Crippen LogP contribution is -2.21. The van der Waals surface area contributed by atoms with E-state index in [-0.39, 0.29) is 10.6 Å². The summed E-state index contributed by atoms with van der Waals surface area (Å²) in [5, 5.41) is 2.74. The number of ether oxygens (including phenoxy) is 2. The van der Waals surface area contributed by atoms with E-state index in [1.54, 1.807) is 12.1 Å². The Labute approximate surface area is 147 Å². The van der Waals surface area contributed by atoms with Crippen molar-refractivity contribution in [3.05, 3.63) is 57.8 Å². The lowest BCUT2D eigenvalue weighted by atomic mass is 10.2. The summed E-state index contributed by atoms with van der Waals surface area (Å²) in [6.45, 7) is -0.532. The van der Waals surface area contributed by atoms with Gasteiger partial charge < -0.3 is 14.8 Å². The van der Waals surface area contributed by atoms with Crippen LogP contribution in [-0.2, 0) is 9.53 Å². The monoisotopic (exact) mass is 371 g/mol. The molecular formula is C16H12Cl2FNO4. The maximum atomic E-state index is 12.9. The van der Waals surface area contributed by atoms with Crippen molar-refractivity contribution in [2.24, 2.45) is 0 Å². The van der Waals surface area contributed by atoms with Gasteiger partial charge in [0.1, 0.15) is 11.6 Å². The summed E-state index contributed by atoms with van der Waals surface area (Å²) in [5.74, 6) is -1.51.